The zero-order chi connectivity index (χ0) is 33.3. The van der Waals surface area contributed by atoms with Crippen LogP contribution in [-0.2, 0) is 35.0 Å². The van der Waals surface area contributed by atoms with Crippen LogP contribution in [0.1, 0.15) is 42.6 Å². The maximum Gasteiger partial charge on any atom is 0.453 e. The highest BCUT2D eigenvalue weighted by atomic mass is 35.5. The largest absolute Gasteiger partial charge is 0.459 e. The summed E-state index contributed by atoms with van der Waals surface area (Å²) in [5.41, 5.74) is 2.40. The molecule has 8 nitrogen and oxygen atoms in total. The fourth-order valence-electron chi connectivity index (χ4n) is 4.88. The van der Waals surface area contributed by atoms with E-state index in [4.69, 9.17) is 30.5 Å². The molecule has 45 heavy (non-hydrogen) atoms. The number of carbonyl (C=O) groups excluding carboxylic acids is 2. The summed E-state index contributed by atoms with van der Waals surface area (Å²) in [5, 5.41) is 14.5. The molecule has 0 aliphatic carbocycles. The summed E-state index contributed by atoms with van der Waals surface area (Å²) in [7, 11) is -2.63. The Hall–Kier alpha value is -2.64. The van der Waals surface area contributed by atoms with Gasteiger partial charge in [0.25, 0.3) is 0 Å². The van der Waals surface area contributed by atoms with Gasteiger partial charge in [-0.25, -0.2) is 9.59 Å². The number of hydrogen-bond donors (Lipinski definition) is 2. The molecular weight excluding hydrogens is 626 g/mol. The van der Waals surface area contributed by atoms with E-state index in [1.165, 1.54) is 6.26 Å². The summed E-state index contributed by atoms with van der Waals surface area (Å²) in [6.07, 6.45) is 2.66. The average Bonchev–Trinajstić information content (AvgIpc) is 3.42. The third kappa shape index (κ3) is 11.9. The predicted octanol–water partition coefficient (Wildman–Crippen LogP) is 7.18. The monoisotopic (exact) mass is 675 g/mol. The number of benzene rings is 2. The Morgan fingerprint density at radius 1 is 0.933 bits per heavy atom. The maximum absolute atomic E-state index is 13.3. The van der Waals surface area contributed by atoms with Gasteiger partial charge in [-0.05, 0) is 55.5 Å². The molecule has 0 aromatic heterocycles. The number of carbonyl (C=O) groups is 2. The molecule has 3 rings (SSSR count). The fraction of sp³-hybridized carbons (Fsp3) is 0.529. The van der Waals surface area contributed by atoms with Crippen LogP contribution in [0, 0.1) is 0 Å². The predicted molar refractivity (Wildman–Crippen MR) is 184 cm³/mol. The molecule has 1 heterocycles. The summed E-state index contributed by atoms with van der Waals surface area (Å²) < 4.78 is 22.7. The molecule has 248 valence electrons. The quantitative estimate of drug-likeness (QED) is 0.0787. The lowest BCUT2D eigenvalue weighted by Crippen LogP contribution is -2.50. The minimum atomic E-state index is -2.34. The molecule has 11 heteroatoms. The lowest BCUT2D eigenvalue weighted by atomic mass is 10.0. The van der Waals surface area contributed by atoms with Crippen LogP contribution in [0.4, 0.5) is 0 Å². The molecule has 2 unspecified atom stereocenters. The minimum absolute atomic E-state index is 0.0418. The first-order chi connectivity index (χ1) is 21.1. The van der Waals surface area contributed by atoms with Gasteiger partial charge in [0.1, 0.15) is 6.26 Å². The lowest BCUT2D eigenvalue weighted by molar-refractivity contribution is -0.215. The molecule has 2 aromatic rings. The Morgan fingerprint density at radius 2 is 1.53 bits per heavy atom. The Balaban J connectivity index is 1.65. The molecule has 0 saturated heterocycles. The van der Waals surface area contributed by atoms with Crippen molar-refractivity contribution < 1.29 is 33.6 Å². The van der Waals surface area contributed by atoms with Crippen LogP contribution in [0.5, 0.6) is 0 Å². The maximum atomic E-state index is 13.3. The van der Waals surface area contributed by atoms with Gasteiger partial charge in [-0.3, -0.25) is 0 Å². The van der Waals surface area contributed by atoms with Crippen LogP contribution in [-0.4, -0.2) is 64.8 Å². The molecule has 0 saturated carbocycles. The molecule has 2 atom stereocenters. The Morgan fingerprint density at radius 3 is 2.11 bits per heavy atom. The van der Waals surface area contributed by atoms with Gasteiger partial charge in [-0.1, -0.05) is 93.3 Å². The summed E-state index contributed by atoms with van der Waals surface area (Å²) >= 11 is 6.06. The van der Waals surface area contributed by atoms with Crippen LogP contribution in [0.3, 0.4) is 0 Å². The second kappa shape index (κ2) is 16.3. The highest BCUT2D eigenvalue weighted by Gasteiger charge is 2.58. The number of hydrogen-bond acceptors (Lipinski definition) is 8. The number of ether oxygens (including phenoxy) is 4. The van der Waals surface area contributed by atoms with Gasteiger partial charge in [0.15, 0.2) is 5.76 Å². The van der Waals surface area contributed by atoms with Gasteiger partial charge in [-0.15, -0.1) is 0 Å². The van der Waals surface area contributed by atoms with E-state index in [-0.39, 0.29) is 25.0 Å². The van der Waals surface area contributed by atoms with Gasteiger partial charge in [0.2, 0.25) is 0 Å². The Labute approximate surface area is 275 Å². The number of esters is 2. The van der Waals surface area contributed by atoms with Crippen molar-refractivity contribution in [3.63, 3.8) is 0 Å². The second-order valence-electron chi connectivity index (χ2n) is 14.2. The average molecular weight is 676 g/mol. The molecule has 0 radical (unpaired) electrons. The van der Waals surface area contributed by atoms with Crippen LogP contribution in [0.15, 0.2) is 54.8 Å². The van der Waals surface area contributed by atoms with Crippen molar-refractivity contribution in [2.24, 2.45) is 0 Å². The van der Waals surface area contributed by atoms with Crippen LogP contribution < -0.4 is 5.32 Å². The highest BCUT2D eigenvalue weighted by Crippen LogP contribution is 2.35. The van der Waals surface area contributed by atoms with Crippen LogP contribution in [0.25, 0.3) is 5.76 Å². The van der Waals surface area contributed by atoms with Crippen LogP contribution in [0.2, 0.25) is 56.4 Å². The Kier molecular flexibility index (Phi) is 13.3. The smallest absolute Gasteiger partial charge is 0.453 e. The minimum Gasteiger partial charge on any atom is -0.459 e. The van der Waals surface area contributed by atoms with Gasteiger partial charge in [0, 0.05) is 39.3 Å². The fourth-order valence-corrected chi connectivity index (χ4v) is 7.48. The van der Waals surface area contributed by atoms with Crippen molar-refractivity contribution in [2.75, 3.05) is 19.8 Å². The van der Waals surface area contributed by atoms with E-state index in [1.54, 1.807) is 12.1 Å². The molecular formula is C34H50ClNO7Si2. The number of aliphatic hydroxyl groups excluding tert-OH is 1. The number of halogens is 1. The van der Waals surface area contributed by atoms with Crippen molar-refractivity contribution in [3.05, 3.63) is 76.5 Å². The summed E-state index contributed by atoms with van der Waals surface area (Å²) in [6, 6.07) is 16.8. The molecule has 2 N–H and O–H groups in total. The number of nitrogens with one attached hydrogen (secondary N) is 1. The summed E-state index contributed by atoms with van der Waals surface area (Å²) in [4.78, 5) is 26.7. The lowest BCUT2D eigenvalue weighted by Gasteiger charge is -2.25. The first-order valence-corrected chi connectivity index (χ1v) is 23.5. The standard InChI is InChI=1S/C34H50ClNO7Si2/c1-25(36-23-30(37)27-13-9-15-29(35)22-27)20-26-12-8-14-28(21-26)31-24-42-34(43-31,32(38)40-16-10-18-44(2,3)4)33(39)41-17-11-19-45(5,6)7/h8-9,12-15,21-22,24-25,30,36-37H,10-11,16-20,23H2,1-7H3. The third-order valence-corrected chi connectivity index (χ3v) is 11.3. The first kappa shape index (κ1) is 36.8. The number of rotatable bonds is 17. The van der Waals surface area contributed by atoms with E-state index in [9.17, 15) is 14.7 Å². The normalized spacial score (nSPS) is 15.8. The third-order valence-electron chi connectivity index (χ3n) is 7.38. The van der Waals surface area contributed by atoms with Crippen molar-refractivity contribution >= 4 is 45.4 Å². The molecule has 0 fully saturated rings. The van der Waals surface area contributed by atoms with Gasteiger partial charge in [0.05, 0.1) is 19.3 Å². The van der Waals surface area contributed by atoms with Gasteiger partial charge in [-0.2, -0.15) is 0 Å². The summed E-state index contributed by atoms with van der Waals surface area (Å²) in [5.74, 6) is -3.92. The molecule has 1 aliphatic heterocycles. The second-order valence-corrected chi connectivity index (χ2v) is 25.9. The van der Waals surface area contributed by atoms with E-state index in [1.807, 2.05) is 43.3 Å². The van der Waals surface area contributed by atoms with Crippen molar-refractivity contribution in [1.82, 2.24) is 5.32 Å². The van der Waals surface area contributed by atoms with Gasteiger partial charge >= 0.3 is 17.7 Å². The zero-order valence-electron chi connectivity index (χ0n) is 27.8. The van der Waals surface area contributed by atoms with E-state index < -0.39 is 40.0 Å². The van der Waals surface area contributed by atoms with Crippen molar-refractivity contribution in [2.45, 2.75) is 95.5 Å². The number of aliphatic hydroxyl groups is 1. The molecule has 0 spiro atoms. The van der Waals surface area contributed by atoms with Crippen LogP contribution >= 0.6 is 11.6 Å². The zero-order valence-corrected chi connectivity index (χ0v) is 30.5. The van der Waals surface area contributed by atoms with Crippen molar-refractivity contribution in [1.29, 1.82) is 0 Å². The SMILES string of the molecule is CC(Cc1cccc(C2=COC(C(=O)OCCC[Si](C)(C)C)(C(=O)OCCC[Si](C)(C)C)O2)c1)NCC(O)c1cccc(Cl)c1. The van der Waals surface area contributed by atoms with E-state index in [2.05, 4.69) is 44.6 Å². The van der Waals surface area contributed by atoms with Gasteiger partial charge < -0.3 is 29.4 Å². The highest BCUT2D eigenvalue weighted by molar-refractivity contribution is 6.76. The van der Waals surface area contributed by atoms with Crippen molar-refractivity contribution in [3.8, 4) is 0 Å². The van der Waals surface area contributed by atoms with E-state index in [0.717, 1.165) is 23.2 Å². The topological polar surface area (TPSA) is 103 Å². The van der Waals surface area contributed by atoms with E-state index in [0.29, 0.717) is 36.4 Å². The molecule has 1 aliphatic rings. The molecule has 0 amide bonds. The molecule has 2 aromatic carbocycles. The van der Waals surface area contributed by atoms with E-state index >= 15 is 0 Å². The first-order valence-electron chi connectivity index (χ1n) is 15.8. The summed E-state index contributed by atoms with van der Waals surface area (Å²) in [6.45, 7) is 16.3. The Bertz CT molecular complexity index is 1290. The molecule has 0 bridgehead atoms.